The SMILES string of the molecule is C=C(C)C(C)SC(=S)SCC.C=CC(C)(C)SC(=S)c1ccccc1.CC(=O)C(C)SC(=S)n1cccc1.CC(=O)CCC(=O)OCCSC(=S)SC(C)C(C)=O. The van der Waals surface area contributed by atoms with Crippen molar-refractivity contribution in [3.05, 3.63) is 85.2 Å². The van der Waals surface area contributed by atoms with Gasteiger partial charge in [0.25, 0.3) is 0 Å². The second-order valence-corrected chi connectivity index (χ2v) is 24.2. The lowest BCUT2D eigenvalue weighted by molar-refractivity contribution is -0.144. The quantitative estimate of drug-likeness (QED) is 0.0692. The van der Waals surface area contributed by atoms with Gasteiger partial charge in [-0.15, -0.1) is 53.6 Å². The van der Waals surface area contributed by atoms with Crippen molar-refractivity contribution in [2.75, 3.05) is 18.1 Å². The highest BCUT2D eigenvalue weighted by atomic mass is 32.2. The van der Waals surface area contributed by atoms with E-state index < -0.39 is 0 Å². The summed E-state index contributed by atoms with van der Waals surface area (Å²) in [6.45, 7) is 26.7. The Hall–Kier alpha value is -1.08. The largest absolute Gasteiger partial charge is 0.465 e. The molecule has 1 heterocycles. The lowest BCUT2D eigenvalue weighted by Crippen LogP contribution is -2.14. The van der Waals surface area contributed by atoms with E-state index in [2.05, 4.69) is 40.9 Å². The Morgan fingerprint density at radius 1 is 0.789 bits per heavy atom. The summed E-state index contributed by atoms with van der Waals surface area (Å²) in [5.74, 6) is 1.47. The molecule has 2 aromatic rings. The van der Waals surface area contributed by atoms with Crippen molar-refractivity contribution in [2.45, 2.75) is 103 Å². The molecule has 6 nitrogen and oxygen atoms in total. The van der Waals surface area contributed by atoms with Gasteiger partial charge in [0.2, 0.25) is 0 Å². The molecule has 0 saturated carbocycles. The summed E-state index contributed by atoms with van der Waals surface area (Å²) in [4.78, 5) is 43.9. The third kappa shape index (κ3) is 32.4. The van der Waals surface area contributed by atoms with Gasteiger partial charge in [-0.2, -0.15) is 0 Å². The third-order valence-electron chi connectivity index (χ3n) is 6.84. The molecule has 0 radical (unpaired) electrons. The van der Waals surface area contributed by atoms with E-state index in [-0.39, 0.29) is 58.0 Å². The molecule has 0 amide bonds. The molecule has 0 bridgehead atoms. The molecule has 0 saturated heterocycles. The van der Waals surface area contributed by atoms with Gasteiger partial charge in [-0.3, -0.25) is 14.4 Å². The summed E-state index contributed by atoms with van der Waals surface area (Å²) in [6, 6.07) is 13.9. The second-order valence-electron chi connectivity index (χ2n) is 12.5. The van der Waals surface area contributed by atoms with E-state index in [0.29, 0.717) is 18.9 Å². The predicted octanol–water partition coefficient (Wildman–Crippen LogP) is 12.7. The molecule has 3 unspecified atom stereocenters. The minimum Gasteiger partial charge on any atom is -0.465 e. The van der Waals surface area contributed by atoms with Crippen LogP contribution in [0.1, 0.15) is 87.6 Å². The van der Waals surface area contributed by atoms with Crippen LogP contribution in [0, 0.1) is 0 Å². The first-order valence-electron chi connectivity index (χ1n) is 17.8. The summed E-state index contributed by atoms with van der Waals surface area (Å²) in [7, 11) is 0. The second kappa shape index (κ2) is 33.6. The Morgan fingerprint density at radius 2 is 1.30 bits per heavy atom. The van der Waals surface area contributed by atoms with Gasteiger partial charge in [-0.05, 0) is 85.8 Å². The molecule has 316 valence electrons. The molecule has 2 rings (SSSR count). The fourth-order valence-corrected chi connectivity index (χ4v) is 10.8. The van der Waals surface area contributed by atoms with Crippen LogP contribution in [0.5, 0.6) is 0 Å². The maximum atomic E-state index is 11.2. The van der Waals surface area contributed by atoms with Crippen LogP contribution in [0.15, 0.2) is 79.7 Å². The first kappa shape index (κ1) is 58.0. The van der Waals surface area contributed by atoms with E-state index in [1.54, 1.807) is 42.2 Å². The number of hydrogen-bond acceptors (Lipinski definition) is 15. The van der Waals surface area contributed by atoms with Crippen LogP contribution in [0.4, 0.5) is 0 Å². The summed E-state index contributed by atoms with van der Waals surface area (Å²) in [6.07, 6.45) is 6.02. The summed E-state index contributed by atoms with van der Waals surface area (Å²) in [5, 5.41) is 0.259. The van der Waals surface area contributed by atoms with Crippen molar-refractivity contribution >= 4 is 158 Å². The zero-order valence-electron chi connectivity index (χ0n) is 34.5. The molecule has 1 aromatic carbocycles. The number of aromatic nitrogens is 1. The number of thioether (sulfide) groups is 6. The molecule has 3 atom stereocenters. The Bertz CT molecular complexity index is 1610. The molecule has 0 fully saturated rings. The zero-order valence-corrected chi connectivity index (χ0v) is 42.7. The van der Waals surface area contributed by atoms with Crippen molar-refractivity contribution in [1.29, 1.82) is 0 Å². The van der Waals surface area contributed by atoms with Crippen molar-refractivity contribution in [1.82, 2.24) is 4.57 Å². The van der Waals surface area contributed by atoms with Gasteiger partial charge in [0, 0.05) is 34.6 Å². The number of carbonyl (C=O) groups excluding carboxylic acids is 4. The molecule has 0 N–H and O–H groups in total. The summed E-state index contributed by atoms with van der Waals surface area (Å²) in [5.41, 5.74) is 2.30. The lowest BCUT2D eigenvalue weighted by atomic mass is 10.2. The van der Waals surface area contributed by atoms with Gasteiger partial charge in [0.15, 0.2) is 0 Å². The fourth-order valence-electron chi connectivity index (χ4n) is 2.95. The van der Waals surface area contributed by atoms with Crippen molar-refractivity contribution in [3.63, 3.8) is 0 Å². The maximum absolute atomic E-state index is 11.2. The van der Waals surface area contributed by atoms with Crippen LogP contribution >= 0.6 is 119 Å². The zero-order chi connectivity index (χ0) is 44.1. The number of ether oxygens (including phenoxy) is 1. The first-order chi connectivity index (χ1) is 26.6. The smallest absolute Gasteiger partial charge is 0.306 e. The highest BCUT2D eigenvalue weighted by Gasteiger charge is 2.17. The molecule has 0 aliphatic heterocycles. The van der Waals surface area contributed by atoms with Crippen molar-refractivity contribution in [2.24, 2.45) is 0 Å². The van der Waals surface area contributed by atoms with Crippen LogP contribution in [0.3, 0.4) is 0 Å². The number of carbonyl (C=O) groups is 4. The van der Waals surface area contributed by atoms with Crippen LogP contribution in [0.25, 0.3) is 0 Å². The van der Waals surface area contributed by atoms with Gasteiger partial charge in [0.05, 0.1) is 21.1 Å². The molecular weight excluding hydrogens is 907 g/mol. The molecule has 57 heavy (non-hydrogen) atoms. The molecule has 0 spiro atoms. The maximum Gasteiger partial charge on any atom is 0.306 e. The van der Waals surface area contributed by atoms with Crippen LogP contribution in [0.2, 0.25) is 0 Å². The van der Waals surface area contributed by atoms with E-state index in [9.17, 15) is 19.2 Å². The number of hydrogen-bond donors (Lipinski definition) is 0. The highest BCUT2D eigenvalue weighted by Crippen LogP contribution is 2.29. The average Bonchev–Trinajstić information content (AvgIpc) is 3.69. The minimum absolute atomic E-state index is 0.00687. The highest BCUT2D eigenvalue weighted by molar-refractivity contribution is 8.48. The van der Waals surface area contributed by atoms with Crippen LogP contribution in [-0.2, 0) is 23.9 Å². The summed E-state index contributed by atoms with van der Waals surface area (Å²) >= 11 is 30.0. The average molecular weight is 965 g/mol. The molecule has 0 aliphatic carbocycles. The van der Waals surface area contributed by atoms with Crippen LogP contribution < -0.4 is 0 Å². The van der Waals surface area contributed by atoms with Gasteiger partial charge in [-0.1, -0.05) is 128 Å². The van der Waals surface area contributed by atoms with Gasteiger partial charge >= 0.3 is 5.97 Å². The van der Waals surface area contributed by atoms with Crippen LogP contribution in [-0.4, -0.2) is 82.1 Å². The topological polar surface area (TPSA) is 82.4 Å². The number of Topliss-reactive ketones (excluding diaryl/α,β-unsaturated/α-hetero) is 3. The Balaban J connectivity index is 0. The first-order valence-corrected chi connectivity index (χ1v) is 24.9. The molecule has 16 heteroatoms. The van der Waals surface area contributed by atoms with E-state index >= 15 is 0 Å². The van der Waals surface area contributed by atoms with Gasteiger partial charge in [-0.25, -0.2) is 0 Å². The van der Waals surface area contributed by atoms with Gasteiger partial charge < -0.3 is 14.1 Å². The van der Waals surface area contributed by atoms with E-state index in [1.165, 1.54) is 54.7 Å². The Labute approximate surface area is 389 Å². The van der Waals surface area contributed by atoms with Crippen molar-refractivity contribution < 1.29 is 23.9 Å². The van der Waals surface area contributed by atoms with Crippen molar-refractivity contribution in [3.8, 4) is 0 Å². The third-order valence-corrected chi connectivity index (χ3v) is 15.6. The molecular formula is C41H57NO5S10. The number of thiocarbonyl (C=S) groups is 4. The lowest BCUT2D eigenvalue weighted by Gasteiger charge is -2.19. The molecule has 0 aliphatic rings. The number of esters is 1. The number of ketones is 3. The number of rotatable bonds is 16. The minimum atomic E-state index is -0.369. The normalized spacial score (nSPS) is 11.9. The Morgan fingerprint density at radius 3 is 1.77 bits per heavy atom. The predicted molar refractivity (Wildman–Crippen MR) is 276 cm³/mol. The summed E-state index contributed by atoms with van der Waals surface area (Å²) < 4.78 is 10.1. The monoisotopic (exact) mass is 963 g/mol. The molecule has 1 aromatic heterocycles. The fraction of sp³-hybridized carbons (Fsp3) is 0.463. The van der Waals surface area contributed by atoms with E-state index in [4.69, 9.17) is 53.6 Å². The number of nitrogens with zero attached hydrogens (tertiary/aromatic N) is 1. The van der Waals surface area contributed by atoms with Gasteiger partial charge in [0.1, 0.15) is 35.3 Å². The van der Waals surface area contributed by atoms with E-state index in [0.717, 1.165) is 19.0 Å². The van der Waals surface area contributed by atoms with E-state index in [1.807, 2.05) is 86.3 Å². The number of benzene rings is 1. The standard InChI is InChI=1S/C12H18O4S3.C12H14S2.C9H11NOS2.C8H14S3/c1-8(13)4-5-11(15)16-6-7-18-12(17)19-10(3)9(2)14;1-4-12(2,3)14-11(13)10-8-6-5-7-9-10;1-7(11)8(2)13-9(12)10-5-3-4-6-10;1-5-10-8(9)11-7(4)6(2)3/h10H,4-7H2,1-3H3;4-9H,1H2,2-3H3;3-6,8H,1-2H3;7H,2,5H2,1,3-4H3. The Kier molecular flexibility index (Phi) is 34.2.